The Balaban J connectivity index is 2.33. The molecule has 1 atom stereocenters. The third-order valence-electron chi connectivity index (χ3n) is 3.69. The van der Waals surface area contributed by atoms with E-state index in [1.54, 1.807) is 0 Å². The van der Waals surface area contributed by atoms with Gasteiger partial charge in [-0.2, -0.15) is 0 Å². The molecule has 2 nitrogen and oxygen atoms in total. The zero-order valence-electron chi connectivity index (χ0n) is 12.3. The lowest BCUT2D eigenvalue weighted by atomic mass is 9.91. The Morgan fingerprint density at radius 3 is 2.55 bits per heavy atom. The van der Waals surface area contributed by atoms with E-state index in [-0.39, 0.29) is 0 Å². The third-order valence-corrected chi connectivity index (χ3v) is 4.04. The molecule has 20 heavy (non-hydrogen) atoms. The molecule has 0 fully saturated rings. The van der Waals surface area contributed by atoms with Gasteiger partial charge in [0.25, 0.3) is 0 Å². The van der Waals surface area contributed by atoms with Crippen molar-refractivity contribution in [3.05, 3.63) is 63.9 Å². The topological polar surface area (TPSA) is 24.9 Å². The summed E-state index contributed by atoms with van der Waals surface area (Å²) in [5.74, 6) is 0.333. The predicted molar refractivity (Wildman–Crippen MR) is 85.5 cm³/mol. The molecule has 1 aromatic carbocycles. The molecular weight excluding hydrogens is 268 g/mol. The van der Waals surface area contributed by atoms with Crippen LogP contribution >= 0.6 is 11.6 Å². The van der Waals surface area contributed by atoms with Crippen molar-refractivity contribution in [2.45, 2.75) is 26.2 Å². The summed E-state index contributed by atoms with van der Waals surface area (Å²) >= 11 is 6.36. The van der Waals surface area contributed by atoms with E-state index in [4.69, 9.17) is 11.6 Å². The van der Waals surface area contributed by atoms with Crippen LogP contribution in [0.15, 0.2) is 36.5 Å². The first kappa shape index (κ1) is 15.0. The van der Waals surface area contributed by atoms with Crippen LogP contribution in [0.2, 0.25) is 5.02 Å². The number of aromatic nitrogens is 1. The Morgan fingerprint density at radius 1 is 1.15 bits per heavy atom. The molecule has 0 aliphatic carbocycles. The fourth-order valence-electron chi connectivity index (χ4n) is 2.61. The van der Waals surface area contributed by atoms with Gasteiger partial charge in [0.2, 0.25) is 0 Å². The zero-order valence-corrected chi connectivity index (χ0v) is 13.0. The molecule has 0 radical (unpaired) electrons. The molecule has 0 aliphatic rings. The Hall–Kier alpha value is -1.38. The van der Waals surface area contributed by atoms with Crippen LogP contribution in [0.3, 0.4) is 0 Å². The molecule has 0 spiro atoms. The lowest BCUT2D eigenvalue weighted by Gasteiger charge is -2.20. The largest absolute Gasteiger partial charge is 0.319 e. The monoisotopic (exact) mass is 288 g/mol. The summed E-state index contributed by atoms with van der Waals surface area (Å²) in [6, 6.07) is 10.2. The second kappa shape index (κ2) is 6.87. The predicted octanol–water partition coefficient (Wildman–Crippen LogP) is 3.90. The van der Waals surface area contributed by atoms with Gasteiger partial charge in [-0.25, -0.2) is 0 Å². The van der Waals surface area contributed by atoms with E-state index < -0.39 is 0 Å². The minimum absolute atomic E-state index is 0.333. The van der Waals surface area contributed by atoms with E-state index in [1.165, 1.54) is 16.7 Å². The number of hydrogen-bond acceptors (Lipinski definition) is 2. The highest BCUT2D eigenvalue weighted by atomic mass is 35.5. The number of pyridine rings is 1. The molecule has 106 valence electrons. The molecule has 3 heteroatoms. The molecule has 0 amide bonds. The molecule has 1 heterocycles. The average Bonchev–Trinajstić information content (AvgIpc) is 2.43. The first-order valence-electron chi connectivity index (χ1n) is 6.93. The first-order valence-corrected chi connectivity index (χ1v) is 7.31. The molecule has 0 saturated heterocycles. The van der Waals surface area contributed by atoms with Crippen LogP contribution in [0, 0.1) is 13.8 Å². The minimum Gasteiger partial charge on any atom is -0.319 e. The fraction of sp³-hybridized carbons (Fsp3) is 0.353. The Bertz CT molecular complexity index is 561. The van der Waals surface area contributed by atoms with Crippen molar-refractivity contribution in [2.24, 2.45) is 0 Å². The van der Waals surface area contributed by atoms with Crippen molar-refractivity contribution in [2.75, 3.05) is 13.6 Å². The number of hydrogen-bond donors (Lipinski definition) is 1. The van der Waals surface area contributed by atoms with Gasteiger partial charge in [0.05, 0.1) is 0 Å². The van der Waals surface area contributed by atoms with Crippen molar-refractivity contribution in [1.82, 2.24) is 10.3 Å². The van der Waals surface area contributed by atoms with E-state index in [0.717, 1.165) is 23.7 Å². The number of nitrogens with one attached hydrogen (secondary N) is 1. The molecular formula is C17H21ClN2. The van der Waals surface area contributed by atoms with E-state index in [1.807, 2.05) is 31.4 Å². The highest BCUT2D eigenvalue weighted by Gasteiger charge is 2.17. The van der Waals surface area contributed by atoms with Crippen LogP contribution in [-0.4, -0.2) is 18.6 Å². The van der Waals surface area contributed by atoms with Gasteiger partial charge in [-0.3, -0.25) is 4.98 Å². The average molecular weight is 289 g/mol. The van der Waals surface area contributed by atoms with E-state index in [9.17, 15) is 0 Å². The summed E-state index contributed by atoms with van der Waals surface area (Å²) in [7, 11) is 1.98. The summed E-state index contributed by atoms with van der Waals surface area (Å²) in [4.78, 5) is 4.57. The molecule has 1 aromatic heterocycles. The lowest BCUT2D eigenvalue weighted by Crippen LogP contribution is -2.21. The number of nitrogens with zero attached hydrogens (tertiary/aromatic N) is 1. The molecule has 0 saturated carbocycles. The van der Waals surface area contributed by atoms with Crippen LogP contribution in [0.25, 0.3) is 0 Å². The highest BCUT2D eigenvalue weighted by Crippen LogP contribution is 2.27. The SMILES string of the molecule is CNC[C@H](Cc1c(C)cccc1Cl)c1ncccc1C. The zero-order chi connectivity index (χ0) is 14.5. The highest BCUT2D eigenvalue weighted by molar-refractivity contribution is 6.31. The van der Waals surface area contributed by atoms with Crippen LogP contribution in [0.5, 0.6) is 0 Å². The Morgan fingerprint density at radius 2 is 1.90 bits per heavy atom. The second-order valence-corrected chi connectivity index (χ2v) is 5.61. The van der Waals surface area contributed by atoms with Crippen molar-refractivity contribution in [3.63, 3.8) is 0 Å². The summed E-state index contributed by atoms with van der Waals surface area (Å²) < 4.78 is 0. The maximum atomic E-state index is 6.36. The number of rotatable bonds is 5. The second-order valence-electron chi connectivity index (χ2n) is 5.20. The van der Waals surface area contributed by atoms with Gasteiger partial charge in [-0.1, -0.05) is 29.8 Å². The molecule has 0 unspecified atom stereocenters. The number of halogens is 1. The van der Waals surface area contributed by atoms with Crippen LogP contribution < -0.4 is 5.32 Å². The summed E-state index contributed by atoms with van der Waals surface area (Å²) in [5, 5.41) is 4.12. The first-order chi connectivity index (χ1) is 9.63. The summed E-state index contributed by atoms with van der Waals surface area (Å²) in [6.07, 6.45) is 2.77. The van der Waals surface area contributed by atoms with E-state index in [0.29, 0.717) is 5.92 Å². The van der Waals surface area contributed by atoms with Gasteiger partial charge in [0.15, 0.2) is 0 Å². The van der Waals surface area contributed by atoms with Gasteiger partial charge < -0.3 is 5.32 Å². The van der Waals surface area contributed by atoms with Crippen molar-refractivity contribution in [1.29, 1.82) is 0 Å². The number of likely N-dealkylation sites (N-methyl/N-ethyl adjacent to an activating group) is 1. The van der Waals surface area contributed by atoms with Gasteiger partial charge in [0, 0.05) is 29.4 Å². The van der Waals surface area contributed by atoms with Crippen molar-refractivity contribution >= 4 is 11.6 Å². The van der Waals surface area contributed by atoms with Gasteiger partial charge in [0.1, 0.15) is 0 Å². The standard InChI is InChI=1S/C17H21ClN2/c1-12-6-4-8-16(18)15(12)10-14(11-19-3)17-13(2)7-5-9-20-17/h4-9,14,19H,10-11H2,1-3H3/t14-/m0/s1. The van der Waals surface area contributed by atoms with E-state index >= 15 is 0 Å². The molecule has 0 bridgehead atoms. The lowest BCUT2D eigenvalue weighted by molar-refractivity contribution is 0.606. The van der Waals surface area contributed by atoms with Gasteiger partial charge in [-0.05, 0) is 56.1 Å². The molecule has 1 N–H and O–H groups in total. The van der Waals surface area contributed by atoms with Crippen molar-refractivity contribution < 1.29 is 0 Å². The normalized spacial score (nSPS) is 12.4. The molecule has 2 rings (SSSR count). The van der Waals surface area contributed by atoms with Crippen molar-refractivity contribution in [3.8, 4) is 0 Å². The maximum Gasteiger partial charge on any atom is 0.0479 e. The van der Waals surface area contributed by atoms with Gasteiger partial charge in [-0.15, -0.1) is 0 Å². The van der Waals surface area contributed by atoms with Crippen LogP contribution in [0.1, 0.15) is 28.3 Å². The summed E-state index contributed by atoms with van der Waals surface area (Å²) in [5.41, 5.74) is 4.85. The smallest absolute Gasteiger partial charge is 0.0479 e. The van der Waals surface area contributed by atoms with Crippen LogP contribution in [-0.2, 0) is 6.42 Å². The fourth-order valence-corrected chi connectivity index (χ4v) is 2.91. The van der Waals surface area contributed by atoms with E-state index in [2.05, 4.69) is 36.3 Å². The third kappa shape index (κ3) is 3.38. The maximum absolute atomic E-state index is 6.36. The van der Waals surface area contributed by atoms with Crippen LogP contribution in [0.4, 0.5) is 0 Å². The summed E-state index contributed by atoms with van der Waals surface area (Å²) in [6.45, 7) is 5.12. The molecule has 0 aliphatic heterocycles. The number of aryl methyl sites for hydroxylation is 2. The quantitative estimate of drug-likeness (QED) is 0.903. The molecule has 2 aromatic rings. The number of benzene rings is 1. The minimum atomic E-state index is 0.333. The van der Waals surface area contributed by atoms with Gasteiger partial charge >= 0.3 is 0 Å². The Kier molecular flexibility index (Phi) is 5.16. The Labute approximate surface area is 126 Å².